The van der Waals surface area contributed by atoms with Gasteiger partial charge < -0.3 is 24.8 Å². The monoisotopic (exact) mass is 780 g/mol. The van der Waals surface area contributed by atoms with Crippen LogP contribution in [-0.2, 0) is 37.4 Å². The molecular weight excluding hydrogens is 705 g/mol. The van der Waals surface area contributed by atoms with E-state index in [1.165, 1.54) is 77.0 Å². The third-order valence-electron chi connectivity index (χ3n) is 8.88. The van der Waals surface area contributed by atoms with Gasteiger partial charge in [0, 0.05) is 19.4 Å². The second-order valence-corrected chi connectivity index (χ2v) is 15.4. The first-order valence-electron chi connectivity index (χ1n) is 20.9. The summed E-state index contributed by atoms with van der Waals surface area (Å²) in [7, 11) is -4.41. The maximum atomic E-state index is 12.6. The van der Waals surface area contributed by atoms with E-state index in [1.807, 2.05) is 30.4 Å². The predicted molar refractivity (Wildman–Crippen MR) is 219 cm³/mol. The van der Waals surface area contributed by atoms with Gasteiger partial charge in [-0.15, -0.1) is 0 Å². The normalized spacial score (nSPS) is 17.7. The molecule has 4 unspecified atom stereocenters. The van der Waals surface area contributed by atoms with E-state index in [9.17, 15) is 19.0 Å². The lowest BCUT2D eigenvalue weighted by Gasteiger charge is -2.19. The van der Waals surface area contributed by atoms with Gasteiger partial charge >= 0.3 is 19.8 Å². The van der Waals surface area contributed by atoms with Gasteiger partial charge in [-0.05, 0) is 38.5 Å². The summed E-state index contributed by atoms with van der Waals surface area (Å²) in [4.78, 5) is 34.9. The summed E-state index contributed by atoms with van der Waals surface area (Å²) in [6, 6.07) is 0. The van der Waals surface area contributed by atoms with E-state index in [4.69, 9.17) is 29.0 Å². The molecule has 0 saturated carbocycles. The van der Waals surface area contributed by atoms with Crippen LogP contribution in [0.5, 0.6) is 0 Å². The fraction of sp³-hybridized carbons (Fsp3) is 0.721. The fourth-order valence-electron chi connectivity index (χ4n) is 5.72. The lowest BCUT2D eigenvalue weighted by molar-refractivity contribution is -0.161. The highest BCUT2D eigenvalue weighted by Crippen LogP contribution is 2.43. The van der Waals surface area contributed by atoms with E-state index in [1.54, 1.807) is 0 Å². The SMILES string of the molecule is CC/C=C\C/C=C\C\C=C/C=C/C=C/C1OC1CCCC(=O)OC(COC(=O)CCCCCCCCCCCCCCCCC)COP(=O)(O)OCCN. The summed E-state index contributed by atoms with van der Waals surface area (Å²) in [6.07, 6.45) is 42.8. The molecule has 0 aromatic carbocycles. The zero-order valence-electron chi connectivity index (χ0n) is 33.6. The van der Waals surface area contributed by atoms with Crippen LogP contribution in [0.2, 0.25) is 0 Å². The summed E-state index contributed by atoms with van der Waals surface area (Å²) in [5, 5.41) is 0. The van der Waals surface area contributed by atoms with Crippen LogP contribution in [0.25, 0.3) is 0 Å². The molecule has 1 saturated heterocycles. The van der Waals surface area contributed by atoms with Gasteiger partial charge in [-0.3, -0.25) is 18.6 Å². The highest BCUT2D eigenvalue weighted by molar-refractivity contribution is 7.47. The van der Waals surface area contributed by atoms with Gasteiger partial charge in [0.2, 0.25) is 0 Å². The zero-order valence-corrected chi connectivity index (χ0v) is 34.5. The number of ether oxygens (including phenoxy) is 3. The van der Waals surface area contributed by atoms with Crippen LogP contribution in [-0.4, -0.2) is 61.5 Å². The molecule has 11 heteroatoms. The molecular formula is C43H74NO9P. The van der Waals surface area contributed by atoms with Crippen molar-refractivity contribution in [2.45, 2.75) is 173 Å². The highest BCUT2D eigenvalue weighted by Gasteiger charge is 2.35. The van der Waals surface area contributed by atoms with Gasteiger partial charge in [-0.25, -0.2) is 4.57 Å². The number of hydrogen-bond acceptors (Lipinski definition) is 9. The van der Waals surface area contributed by atoms with E-state index in [0.29, 0.717) is 12.8 Å². The van der Waals surface area contributed by atoms with Crippen molar-refractivity contribution in [1.82, 2.24) is 0 Å². The Balaban J connectivity index is 2.27. The third kappa shape index (κ3) is 32.0. The first-order chi connectivity index (χ1) is 26.3. The first kappa shape index (κ1) is 49.7. The van der Waals surface area contributed by atoms with Crippen molar-refractivity contribution in [2.75, 3.05) is 26.4 Å². The van der Waals surface area contributed by atoms with Gasteiger partial charge in [-0.1, -0.05) is 164 Å². The minimum atomic E-state index is -4.41. The van der Waals surface area contributed by atoms with Crippen molar-refractivity contribution >= 4 is 19.8 Å². The Morgan fingerprint density at radius 3 is 1.91 bits per heavy atom. The summed E-state index contributed by atoms with van der Waals surface area (Å²) >= 11 is 0. The number of esters is 2. The van der Waals surface area contributed by atoms with Crippen molar-refractivity contribution in [1.29, 1.82) is 0 Å². The molecule has 0 radical (unpaired) electrons. The minimum Gasteiger partial charge on any atom is -0.462 e. The molecule has 0 amide bonds. The van der Waals surface area contributed by atoms with Gasteiger partial charge in [-0.2, -0.15) is 0 Å². The lowest BCUT2D eigenvalue weighted by Crippen LogP contribution is -2.29. The Kier molecular flexibility index (Phi) is 32.3. The standard InChI is InChI=1S/C43H74NO9P/c1-3-5-7-9-11-13-15-17-18-19-21-23-25-27-29-33-42(45)49-37-39(38-51-54(47,48)50-36-35-44)52-43(46)34-30-32-41-40(53-41)31-28-26-24-22-20-16-14-12-10-8-6-4-2/h6,8,12,14,20,22,24,26,28,31,39-41H,3-5,7,9-11,13,15-19,21,23,25,27,29-30,32-38,44H2,1-2H3,(H,47,48)/b8-6-,14-12-,22-20-,26-24+,31-28+. The van der Waals surface area contributed by atoms with Crippen molar-refractivity contribution in [3.05, 3.63) is 60.8 Å². The molecule has 1 heterocycles. The molecule has 0 spiro atoms. The first-order valence-corrected chi connectivity index (χ1v) is 22.4. The number of rotatable bonds is 37. The van der Waals surface area contributed by atoms with Gasteiger partial charge in [0.25, 0.3) is 0 Å². The van der Waals surface area contributed by atoms with Crippen LogP contribution in [0.4, 0.5) is 0 Å². The molecule has 0 bridgehead atoms. The summed E-state index contributed by atoms with van der Waals surface area (Å²) in [6.45, 7) is 3.50. The Morgan fingerprint density at radius 2 is 1.28 bits per heavy atom. The topological polar surface area (TPSA) is 147 Å². The number of phosphoric ester groups is 1. The van der Waals surface area contributed by atoms with E-state index < -0.39 is 32.5 Å². The van der Waals surface area contributed by atoms with Crippen LogP contribution in [0, 0.1) is 0 Å². The molecule has 3 N–H and O–H groups in total. The third-order valence-corrected chi connectivity index (χ3v) is 9.87. The van der Waals surface area contributed by atoms with E-state index in [0.717, 1.165) is 38.5 Å². The molecule has 10 nitrogen and oxygen atoms in total. The van der Waals surface area contributed by atoms with Gasteiger partial charge in [0.15, 0.2) is 6.10 Å². The molecule has 0 aromatic heterocycles. The van der Waals surface area contributed by atoms with Gasteiger partial charge in [0.1, 0.15) is 12.7 Å². The smallest absolute Gasteiger partial charge is 0.462 e. The van der Waals surface area contributed by atoms with Gasteiger partial charge in [0.05, 0.1) is 19.3 Å². The van der Waals surface area contributed by atoms with Crippen LogP contribution in [0.15, 0.2) is 60.8 Å². The van der Waals surface area contributed by atoms with Crippen molar-refractivity contribution < 1.29 is 42.3 Å². The molecule has 0 aliphatic carbocycles. The van der Waals surface area contributed by atoms with Crippen molar-refractivity contribution in [3.63, 3.8) is 0 Å². The number of nitrogens with two attached hydrogens (primary N) is 1. The molecule has 310 valence electrons. The number of epoxide rings is 1. The Hall–Kier alpha value is -2.33. The number of carbonyl (C=O) groups is 2. The molecule has 1 aliphatic rings. The average molecular weight is 780 g/mol. The highest BCUT2D eigenvalue weighted by atomic mass is 31.2. The minimum absolute atomic E-state index is 0.0195. The van der Waals surface area contributed by atoms with Crippen molar-refractivity contribution in [2.24, 2.45) is 5.73 Å². The summed E-state index contributed by atoms with van der Waals surface area (Å²) in [5.74, 6) is -0.927. The number of phosphoric acid groups is 1. The largest absolute Gasteiger partial charge is 0.472 e. The molecule has 1 aliphatic heterocycles. The van der Waals surface area contributed by atoms with Crippen molar-refractivity contribution in [3.8, 4) is 0 Å². The number of allylic oxidation sites excluding steroid dienone is 9. The second-order valence-electron chi connectivity index (χ2n) is 13.9. The number of hydrogen-bond donors (Lipinski definition) is 2. The molecule has 4 atom stereocenters. The Labute approximate surface area is 327 Å². The fourth-order valence-corrected chi connectivity index (χ4v) is 6.48. The average Bonchev–Trinajstić information content (AvgIpc) is 3.91. The maximum Gasteiger partial charge on any atom is 0.472 e. The predicted octanol–water partition coefficient (Wildman–Crippen LogP) is 10.7. The lowest BCUT2D eigenvalue weighted by atomic mass is 10.0. The molecule has 1 fully saturated rings. The maximum absolute atomic E-state index is 12.6. The van der Waals surface area contributed by atoms with E-state index >= 15 is 0 Å². The Morgan fingerprint density at radius 1 is 0.704 bits per heavy atom. The molecule has 54 heavy (non-hydrogen) atoms. The zero-order chi connectivity index (χ0) is 39.4. The van der Waals surface area contributed by atoms with E-state index in [-0.39, 0.29) is 44.8 Å². The quantitative estimate of drug-likeness (QED) is 0.0156. The van der Waals surface area contributed by atoms with Crippen LogP contribution in [0.1, 0.15) is 155 Å². The number of carbonyl (C=O) groups excluding carboxylic acids is 2. The Bertz CT molecular complexity index is 1140. The summed E-state index contributed by atoms with van der Waals surface area (Å²) in [5.41, 5.74) is 5.34. The molecule has 0 aromatic rings. The second kappa shape index (κ2) is 35.1. The summed E-state index contributed by atoms with van der Waals surface area (Å²) < 4.78 is 38.4. The van der Waals surface area contributed by atoms with Crippen LogP contribution >= 0.6 is 7.82 Å². The molecule has 1 rings (SSSR count). The van der Waals surface area contributed by atoms with Crippen LogP contribution < -0.4 is 5.73 Å². The number of unbranched alkanes of at least 4 members (excludes halogenated alkanes) is 14. The van der Waals surface area contributed by atoms with Crippen LogP contribution in [0.3, 0.4) is 0 Å². The van der Waals surface area contributed by atoms with E-state index in [2.05, 4.69) is 44.2 Å².